The number of nitrogens with zero attached hydrogens (tertiary/aromatic N) is 2. The van der Waals surface area contributed by atoms with Crippen LogP contribution in [0.2, 0.25) is 0 Å². The average Bonchev–Trinajstić information content (AvgIpc) is 3.53. The fourth-order valence-corrected chi connectivity index (χ4v) is 7.93. The van der Waals surface area contributed by atoms with Crippen LogP contribution in [0.15, 0.2) is 59.5 Å². The van der Waals surface area contributed by atoms with E-state index in [1.54, 1.807) is 36.5 Å². The maximum absolute atomic E-state index is 13.8. The molecule has 12 heteroatoms. The summed E-state index contributed by atoms with van der Waals surface area (Å²) < 4.78 is 32.8. The minimum absolute atomic E-state index is 0.0107. The van der Waals surface area contributed by atoms with Crippen molar-refractivity contribution in [3.63, 3.8) is 0 Å². The van der Waals surface area contributed by atoms with E-state index in [0.29, 0.717) is 30.9 Å². The van der Waals surface area contributed by atoms with Crippen LogP contribution < -0.4 is 21.3 Å². The number of rotatable bonds is 25. The van der Waals surface area contributed by atoms with Crippen LogP contribution >= 0.6 is 19.4 Å². The second-order valence-electron chi connectivity index (χ2n) is 12.0. The third kappa shape index (κ3) is 16.4. The van der Waals surface area contributed by atoms with Crippen molar-refractivity contribution in [2.24, 2.45) is 0 Å². The van der Waals surface area contributed by atoms with Crippen LogP contribution in [0.4, 0.5) is 5.82 Å². The summed E-state index contributed by atoms with van der Waals surface area (Å²) in [6, 6.07) is 10.4. The second kappa shape index (κ2) is 22.9. The Morgan fingerprint density at radius 3 is 2.40 bits per heavy atom. The number of carbonyl (C=O) groups is 1. The number of amides is 1. The first-order valence-corrected chi connectivity index (χ1v) is 20.2. The number of allylic oxidation sites excluding steroid dienone is 2. The third-order valence-electron chi connectivity index (χ3n) is 7.89. The molecule has 1 saturated heterocycles. The number of carbonyl (C=O) groups excluding carboxylic acids is 1. The lowest BCUT2D eigenvalue weighted by atomic mass is 10.1. The number of unbranched alkanes of at least 4 members (excludes halogenated alkanes) is 11. The summed E-state index contributed by atoms with van der Waals surface area (Å²) in [4.78, 5) is 28.3. The van der Waals surface area contributed by atoms with Gasteiger partial charge in [0.25, 0.3) is 0 Å². The van der Waals surface area contributed by atoms with Crippen LogP contribution in [-0.4, -0.2) is 46.0 Å². The maximum Gasteiger partial charge on any atom is 0.379 e. The van der Waals surface area contributed by atoms with E-state index in [-0.39, 0.29) is 24.5 Å². The van der Waals surface area contributed by atoms with Crippen molar-refractivity contribution in [1.82, 2.24) is 14.9 Å². The van der Waals surface area contributed by atoms with Crippen LogP contribution in [0.1, 0.15) is 109 Å². The molecule has 3 N–H and O–H groups in total. The van der Waals surface area contributed by atoms with E-state index in [0.717, 1.165) is 25.7 Å². The highest BCUT2D eigenvalue weighted by Crippen LogP contribution is 2.49. The van der Waals surface area contributed by atoms with Gasteiger partial charge >= 0.3 is 13.3 Å². The van der Waals surface area contributed by atoms with Gasteiger partial charge in [0.1, 0.15) is 23.2 Å². The molecule has 1 amide bonds. The molecule has 2 unspecified atom stereocenters. The molecule has 47 heavy (non-hydrogen) atoms. The number of nitrogens with two attached hydrogens (primary N) is 1. The van der Waals surface area contributed by atoms with Gasteiger partial charge in [0.2, 0.25) is 5.91 Å². The van der Waals surface area contributed by atoms with Crippen molar-refractivity contribution in [2.45, 2.75) is 115 Å². The zero-order valence-corrected chi connectivity index (χ0v) is 29.8. The lowest BCUT2D eigenvalue weighted by Gasteiger charge is -2.21. The van der Waals surface area contributed by atoms with Crippen LogP contribution in [0, 0.1) is 0 Å². The summed E-state index contributed by atoms with van der Waals surface area (Å²) in [5.74, 6) is 1.11. The molecule has 0 bridgehead atoms. The summed E-state index contributed by atoms with van der Waals surface area (Å²) in [5.41, 5.74) is 4.66. The van der Waals surface area contributed by atoms with E-state index in [2.05, 4.69) is 29.4 Å². The first kappa shape index (κ1) is 38.9. The van der Waals surface area contributed by atoms with Crippen molar-refractivity contribution < 1.29 is 23.1 Å². The maximum atomic E-state index is 13.8. The lowest BCUT2D eigenvalue weighted by molar-refractivity contribution is -0.121. The normalized spacial score (nSPS) is 17.6. The second-order valence-corrected chi connectivity index (χ2v) is 15.3. The molecule has 1 aromatic heterocycles. The standard InChI is InChI=1S/C35H55N4O6PS/c1-2-3-4-5-6-7-8-9-10-11-12-13-14-15-19-23-32(40)37-25-20-27-46(42,45-30-21-17-16-18-22-30)43-28-34-44-33(29-47-34)39-26-24-31(36)38-35(39)41/h9-10,16-18,21-22,24,26,33-34H,2-8,11-15,19-20,23,25,27-29H2,1H3,(H,37,40)(H2,36,38,41)/b10-9-/t33?,34-,46?/m1/s1. The van der Waals surface area contributed by atoms with Crippen molar-refractivity contribution in [3.8, 4) is 5.75 Å². The SMILES string of the molecule is CCCCCCCC/C=C\CCCCCCCC(=O)NCCCP(=O)(OC[C@@H]1OC(n2ccc(N)nc2=O)CS1)Oc1ccccc1. The summed E-state index contributed by atoms with van der Waals surface area (Å²) in [6.45, 7) is 2.66. The van der Waals surface area contributed by atoms with Gasteiger partial charge in [-0.3, -0.25) is 13.9 Å². The molecule has 2 heterocycles. The van der Waals surface area contributed by atoms with E-state index < -0.39 is 24.9 Å². The van der Waals surface area contributed by atoms with Crippen molar-refractivity contribution in [1.29, 1.82) is 0 Å². The number of benzene rings is 1. The van der Waals surface area contributed by atoms with E-state index in [9.17, 15) is 14.2 Å². The Morgan fingerprint density at radius 2 is 1.70 bits per heavy atom. The van der Waals surface area contributed by atoms with E-state index in [1.807, 2.05) is 6.07 Å². The first-order chi connectivity index (χ1) is 22.9. The first-order valence-electron chi connectivity index (χ1n) is 17.4. The zero-order valence-electron chi connectivity index (χ0n) is 28.1. The van der Waals surface area contributed by atoms with Crippen LogP contribution in [-0.2, 0) is 18.6 Å². The number of nitrogens with one attached hydrogen (secondary N) is 1. The van der Waals surface area contributed by atoms with Crippen molar-refractivity contribution >= 4 is 31.1 Å². The number of anilines is 1. The Bertz CT molecular complexity index is 1290. The zero-order chi connectivity index (χ0) is 33.6. The smallest absolute Gasteiger partial charge is 0.379 e. The number of thioether (sulfide) groups is 1. The molecular formula is C35H55N4O6PS. The molecule has 0 aliphatic carbocycles. The highest BCUT2D eigenvalue weighted by molar-refractivity contribution is 8.00. The summed E-state index contributed by atoms with van der Waals surface area (Å²) >= 11 is 1.46. The minimum atomic E-state index is -3.56. The Labute approximate surface area is 285 Å². The predicted octanol–water partition coefficient (Wildman–Crippen LogP) is 8.25. The number of nitrogen functional groups attached to an aromatic ring is 1. The van der Waals surface area contributed by atoms with Crippen molar-refractivity contribution in [3.05, 3.63) is 65.2 Å². The molecule has 1 fully saturated rings. The molecular weight excluding hydrogens is 635 g/mol. The molecule has 3 rings (SSSR count). The molecule has 1 aromatic carbocycles. The summed E-state index contributed by atoms with van der Waals surface area (Å²) in [7, 11) is -3.56. The number of ether oxygens (including phenoxy) is 1. The van der Waals surface area contributed by atoms with Gasteiger partial charge in [-0.05, 0) is 56.7 Å². The van der Waals surface area contributed by atoms with Gasteiger partial charge in [-0.15, -0.1) is 11.8 Å². The third-order valence-corrected chi connectivity index (χ3v) is 10.9. The molecule has 2 aromatic rings. The number of aromatic nitrogens is 2. The van der Waals surface area contributed by atoms with Gasteiger partial charge < -0.3 is 20.3 Å². The molecule has 1 aliphatic rings. The number of para-hydroxylation sites is 1. The van der Waals surface area contributed by atoms with Crippen molar-refractivity contribution in [2.75, 3.05) is 30.8 Å². The molecule has 0 radical (unpaired) electrons. The van der Waals surface area contributed by atoms with Gasteiger partial charge in [0.15, 0.2) is 0 Å². The minimum Gasteiger partial charge on any atom is -0.424 e. The molecule has 3 atom stereocenters. The fraction of sp³-hybridized carbons (Fsp3) is 0.629. The Kier molecular flexibility index (Phi) is 18.9. The van der Waals surface area contributed by atoms with Gasteiger partial charge in [-0.1, -0.05) is 88.6 Å². The van der Waals surface area contributed by atoms with Crippen LogP contribution in [0.5, 0.6) is 5.75 Å². The molecule has 1 aliphatic heterocycles. The molecule has 0 spiro atoms. The van der Waals surface area contributed by atoms with Gasteiger partial charge in [0, 0.05) is 24.9 Å². The number of hydrogen-bond acceptors (Lipinski definition) is 9. The summed E-state index contributed by atoms with van der Waals surface area (Å²) in [6.07, 6.45) is 22.7. The highest BCUT2D eigenvalue weighted by Gasteiger charge is 2.33. The quantitative estimate of drug-likeness (QED) is 0.0600. The van der Waals surface area contributed by atoms with Crippen LogP contribution in [0.3, 0.4) is 0 Å². The van der Waals surface area contributed by atoms with E-state index in [1.165, 1.54) is 74.1 Å². The predicted molar refractivity (Wildman–Crippen MR) is 192 cm³/mol. The molecule has 0 saturated carbocycles. The van der Waals surface area contributed by atoms with Gasteiger partial charge in [-0.25, -0.2) is 9.36 Å². The Morgan fingerprint density at radius 1 is 1.02 bits per heavy atom. The Hall–Kier alpha value is -2.59. The molecule has 262 valence electrons. The molecule has 10 nitrogen and oxygen atoms in total. The van der Waals surface area contributed by atoms with E-state index in [4.69, 9.17) is 19.5 Å². The van der Waals surface area contributed by atoms with E-state index >= 15 is 0 Å². The summed E-state index contributed by atoms with van der Waals surface area (Å²) in [5, 5.41) is 2.94. The van der Waals surface area contributed by atoms with Gasteiger partial charge in [0.05, 0.1) is 12.8 Å². The van der Waals surface area contributed by atoms with Crippen LogP contribution in [0.25, 0.3) is 0 Å². The monoisotopic (exact) mass is 690 g/mol. The average molecular weight is 691 g/mol. The lowest BCUT2D eigenvalue weighted by Crippen LogP contribution is -2.28. The fourth-order valence-electron chi connectivity index (χ4n) is 5.22. The highest BCUT2D eigenvalue weighted by atomic mass is 32.2. The van der Waals surface area contributed by atoms with Gasteiger partial charge in [-0.2, -0.15) is 4.98 Å². The number of hydrogen-bond donors (Lipinski definition) is 2. The Balaban J connectivity index is 1.28. The topological polar surface area (TPSA) is 135 Å². The largest absolute Gasteiger partial charge is 0.424 e.